The summed E-state index contributed by atoms with van der Waals surface area (Å²) < 4.78 is 7.59. The highest BCUT2D eigenvalue weighted by molar-refractivity contribution is 7.80. The van der Waals surface area contributed by atoms with Gasteiger partial charge >= 0.3 is 0 Å². The zero-order chi connectivity index (χ0) is 26.8. The number of hydrogen-bond acceptors (Lipinski definition) is 7. The maximum atomic E-state index is 12.5. The Morgan fingerprint density at radius 1 is 1.11 bits per heavy atom. The fraction of sp³-hybridized carbons (Fsp3) is 0.148. The van der Waals surface area contributed by atoms with Crippen LogP contribution in [0.15, 0.2) is 59.0 Å². The first-order valence-corrected chi connectivity index (χ1v) is 13.4. The van der Waals surface area contributed by atoms with E-state index in [9.17, 15) is 4.79 Å². The molecule has 11 heteroatoms. The van der Waals surface area contributed by atoms with Crippen LogP contribution in [0.2, 0.25) is 5.02 Å². The molecule has 0 aliphatic heterocycles. The number of rotatable bonds is 6. The van der Waals surface area contributed by atoms with E-state index in [2.05, 4.69) is 25.9 Å². The van der Waals surface area contributed by atoms with Gasteiger partial charge in [-0.25, -0.2) is 0 Å². The first-order valence-electron chi connectivity index (χ1n) is 11.8. The summed E-state index contributed by atoms with van der Waals surface area (Å²) in [5, 5.41) is 20.4. The normalized spacial score (nSPS) is 11.4. The maximum absolute atomic E-state index is 12.5. The van der Waals surface area contributed by atoms with Gasteiger partial charge in [-0.2, -0.15) is 9.61 Å². The van der Waals surface area contributed by atoms with Crippen LogP contribution in [0.25, 0.3) is 32.9 Å². The Morgan fingerprint density at radius 3 is 2.68 bits per heavy atom. The number of thiocarbonyl (C=S) groups is 1. The van der Waals surface area contributed by atoms with Gasteiger partial charge in [-0.05, 0) is 67.5 Å². The lowest BCUT2D eigenvalue weighted by molar-refractivity contribution is -0.115. The lowest BCUT2D eigenvalue weighted by Crippen LogP contribution is -2.33. The van der Waals surface area contributed by atoms with Crippen molar-refractivity contribution in [1.82, 2.24) is 25.1 Å². The first-order chi connectivity index (χ1) is 18.3. The number of aromatic nitrogens is 4. The maximum Gasteiger partial charge on any atom is 0.250 e. The molecule has 2 N–H and O–H groups in total. The lowest BCUT2D eigenvalue weighted by Gasteiger charge is -2.12. The lowest BCUT2D eigenvalue weighted by atomic mass is 10.1. The number of benzene rings is 2. The molecular weight excluding hydrogens is 540 g/mol. The quantitative estimate of drug-likeness (QED) is 0.181. The number of amides is 1. The number of fused-ring (bicyclic) bond motifs is 1. The van der Waals surface area contributed by atoms with E-state index in [0.717, 1.165) is 50.2 Å². The molecule has 0 spiro atoms. The Morgan fingerprint density at radius 2 is 1.89 bits per heavy atom. The Bertz CT molecular complexity index is 1700. The summed E-state index contributed by atoms with van der Waals surface area (Å²) in [5.41, 5.74) is 4.51. The predicted molar refractivity (Wildman–Crippen MR) is 155 cm³/mol. The highest BCUT2D eigenvalue weighted by Crippen LogP contribution is 2.30. The average Bonchev–Trinajstić information content (AvgIpc) is 3.62. The molecule has 2 aromatic carbocycles. The van der Waals surface area contributed by atoms with Crippen molar-refractivity contribution in [3.63, 3.8) is 0 Å². The Labute approximate surface area is 233 Å². The van der Waals surface area contributed by atoms with E-state index < -0.39 is 0 Å². The molecule has 192 valence electrons. The minimum absolute atomic E-state index is 0.181. The van der Waals surface area contributed by atoms with Gasteiger partial charge in [0.15, 0.2) is 10.9 Å². The second kappa shape index (κ2) is 10.9. The zero-order valence-electron chi connectivity index (χ0n) is 20.8. The molecule has 38 heavy (non-hydrogen) atoms. The second-order valence-corrected chi connectivity index (χ2v) is 10.3. The summed E-state index contributed by atoms with van der Waals surface area (Å²) in [7, 11) is 0. The summed E-state index contributed by atoms with van der Waals surface area (Å²) in [6.07, 6.45) is 3.70. The van der Waals surface area contributed by atoms with Gasteiger partial charge in [0, 0.05) is 34.3 Å². The van der Waals surface area contributed by atoms with Gasteiger partial charge in [-0.15, -0.1) is 10.2 Å². The van der Waals surface area contributed by atoms with E-state index in [-0.39, 0.29) is 11.0 Å². The number of anilines is 1. The highest BCUT2D eigenvalue weighted by Gasteiger charge is 2.14. The predicted octanol–water partition coefficient (Wildman–Crippen LogP) is 6.47. The molecule has 3 aromatic heterocycles. The standard InChI is InChI=1S/C27H23ClN6O2S2/c1-4-23-31-32-27-34(23)33-25(38-27)18-8-6-16(3)21(14-18)29-26(37)30-24(35)12-10-19-9-11-22(36-19)17-7-5-15(2)20(28)13-17/h5-14H,4H2,1-3H3,(H2,29,30,35,37)/b12-10+. The Balaban J connectivity index is 1.23. The van der Waals surface area contributed by atoms with Crippen molar-refractivity contribution in [3.8, 4) is 21.9 Å². The van der Waals surface area contributed by atoms with Crippen molar-refractivity contribution in [3.05, 3.63) is 82.3 Å². The minimum Gasteiger partial charge on any atom is -0.457 e. The highest BCUT2D eigenvalue weighted by atomic mass is 35.5. The SMILES string of the molecule is CCc1nnc2sc(-c3ccc(C)c(NC(=S)NC(=O)/C=C/c4ccc(-c5ccc(C)c(Cl)c5)o4)c3)nn12. The van der Waals surface area contributed by atoms with Gasteiger partial charge in [-0.3, -0.25) is 10.1 Å². The molecule has 0 radical (unpaired) electrons. The molecule has 0 saturated heterocycles. The first kappa shape index (κ1) is 25.8. The van der Waals surface area contributed by atoms with Crippen molar-refractivity contribution in [1.29, 1.82) is 0 Å². The van der Waals surface area contributed by atoms with Crippen LogP contribution in [0.1, 0.15) is 29.6 Å². The van der Waals surface area contributed by atoms with Gasteiger partial charge in [0.25, 0.3) is 0 Å². The van der Waals surface area contributed by atoms with Gasteiger partial charge in [0.2, 0.25) is 10.9 Å². The van der Waals surface area contributed by atoms with E-state index in [0.29, 0.717) is 16.5 Å². The van der Waals surface area contributed by atoms with Crippen LogP contribution >= 0.6 is 35.2 Å². The van der Waals surface area contributed by atoms with E-state index >= 15 is 0 Å². The van der Waals surface area contributed by atoms with Crippen LogP contribution in [-0.4, -0.2) is 30.8 Å². The van der Waals surface area contributed by atoms with Crippen molar-refractivity contribution in [2.45, 2.75) is 27.2 Å². The molecular formula is C27H23ClN6O2S2. The number of hydrogen-bond donors (Lipinski definition) is 2. The number of aryl methyl sites for hydroxylation is 3. The summed E-state index contributed by atoms with van der Waals surface area (Å²) >= 11 is 13.1. The van der Waals surface area contributed by atoms with Crippen LogP contribution < -0.4 is 10.6 Å². The van der Waals surface area contributed by atoms with Crippen LogP contribution in [0.3, 0.4) is 0 Å². The van der Waals surface area contributed by atoms with Gasteiger partial charge < -0.3 is 9.73 Å². The molecule has 5 aromatic rings. The molecule has 0 aliphatic carbocycles. The largest absolute Gasteiger partial charge is 0.457 e. The summed E-state index contributed by atoms with van der Waals surface area (Å²) in [4.78, 5) is 13.2. The fourth-order valence-electron chi connectivity index (χ4n) is 3.69. The van der Waals surface area contributed by atoms with Crippen LogP contribution in [0.4, 0.5) is 5.69 Å². The second-order valence-electron chi connectivity index (χ2n) is 8.54. The van der Waals surface area contributed by atoms with Crippen molar-refractivity contribution < 1.29 is 9.21 Å². The van der Waals surface area contributed by atoms with Crippen LogP contribution in [0, 0.1) is 13.8 Å². The summed E-state index contributed by atoms with van der Waals surface area (Å²) in [6.45, 7) is 5.92. The molecule has 0 fully saturated rings. The van der Waals surface area contributed by atoms with Crippen LogP contribution in [0.5, 0.6) is 0 Å². The van der Waals surface area contributed by atoms with E-state index in [1.807, 2.05) is 63.2 Å². The minimum atomic E-state index is -0.381. The molecule has 3 heterocycles. The van der Waals surface area contributed by atoms with Crippen molar-refractivity contribution >= 4 is 62.9 Å². The van der Waals surface area contributed by atoms with Gasteiger partial charge in [0.05, 0.1) is 0 Å². The Hall–Kier alpha value is -3.86. The van der Waals surface area contributed by atoms with E-state index in [1.54, 1.807) is 16.7 Å². The van der Waals surface area contributed by atoms with E-state index in [4.69, 9.17) is 28.2 Å². The smallest absolute Gasteiger partial charge is 0.250 e. The third-order valence-corrected chi connectivity index (χ3v) is 7.38. The molecule has 5 rings (SSSR count). The number of halogens is 1. The monoisotopic (exact) mass is 562 g/mol. The fourth-order valence-corrected chi connectivity index (χ4v) is 4.94. The topological polar surface area (TPSA) is 97.3 Å². The van der Waals surface area contributed by atoms with Gasteiger partial charge in [0.1, 0.15) is 16.5 Å². The van der Waals surface area contributed by atoms with Crippen molar-refractivity contribution in [2.24, 2.45) is 0 Å². The number of carbonyl (C=O) groups excluding carboxylic acids is 1. The molecule has 0 saturated carbocycles. The van der Waals surface area contributed by atoms with Crippen molar-refractivity contribution in [2.75, 3.05) is 5.32 Å². The number of nitrogens with one attached hydrogen (secondary N) is 2. The van der Waals surface area contributed by atoms with Gasteiger partial charge in [-0.1, -0.05) is 54.1 Å². The molecule has 0 bridgehead atoms. The zero-order valence-corrected chi connectivity index (χ0v) is 23.2. The number of nitrogens with zero attached hydrogens (tertiary/aromatic N) is 4. The molecule has 1 amide bonds. The Kier molecular flexibility index (Phi) is 7.37. The molecule has 0 atom stereocenters. The number of carbonyl (C=O) groups is 1. The van der Waals surface area contributed by atoms with E-state index in [1.165, 1.54) is 17.4 Å². The molecule has 0 unspecified atom stereocenters. The summed E-state index contributed by atoms with van der Waals surface area (Å²) in [6, 6.07) is 15.3. The third kappa shape index (κ3) is 5.52. The molecule has 8 nitrogen and oxygen atoms in total. The molecule has 0 aliphatic rings. The third-order valence-electron chi connectivity index (χ3n) is 5.82. The number of furan rings is 1. The average molecular weight is 563 g/mol. The van der Waals surface area contributed by atoms with Crippen LogP contribution in [-0.2, 0) is 11.2 Å². The summed E-state index contributed by atoms with van der Waals surface area (Å²) in [5.74, 6) is 1.63.